The van der Waals surface area contributed by atoms with Crippen molar-refractivity contribution in [3.05, 3.63) is 23.5 Å². The third-order valence-electron chi connectivity index (χ3n) is 3.30. The Morgan fingerprint density at radius 2 is 2.06 bits per heavy atom. The lowest BCUT2D eigenvalue weighted by atomic mass is 9.95. The minimum Gasteiger partial charge on any atom is -0.505 e. The topological polar surface area (TPSA) is 80.4 Å². The van der Waals surface area contributed by atoms with Crippen molar-refractivity contribution in [1.29, 1.82) is 0 Å². The predicted molar refractivity (Wildman–Crippen MR) is 61.1 cm³/mol. The van der Waals surface area contributed by atoms with Crippen LogP contribution in [0.25, 0.3) is 0 Å². The lowest BCUT2D eigenvalue weighted by molar-refractivity contribution is 0.409. The second kappa shape index (κ2) is 3.68. The Kier molecular flexibility index (Phi) is 2.67. The third kappa shape index (κ3) is 1.91. The Hall–Kier alpha value is -1.14. The molecule has 3 N–H and O–H groups in total. The quantitative estimate of drug-likeness (QED) is 0.846. The first-order valence-electron chi connectivity index (χ1n) is 5.24. The average Bonchev–Trinajstić information content (AvgIpc) is 3.01. The number of sulfone groups is 1. The number of hydrogen-bond acceptors (Lipinski definition) is 4. The van der Waals surface area contributed by atoms with E-state index in [9.17, 15) is 17.9 Å². The van der Waals surface area contributed by atoms with Crippen LogP contribution >= 0.6 is 0 Å². The molecule has 0 unspecified atom stereocenters. The van der Waals surface area contributed by atoms with Crippen molar-refractivity contribution in [3.8, 4) is 5.75 Å². The van der Waals surface area contributed by atoms with Gasteiger partial charge in [-0.2, -0.15) is 0 Å². The zero-order chi connectivity index (χ0) is 12.8. The average molecular weight is 259 g/mol. The van der Waals surface area contributed by atoms with Gasteiger partial charge in [-0.15, -0.1) is 0 Å². The fourth-order valence-electron chi connectivity index (χ4n) is 1.99. The number of halogens is 1. The van der Waals surface area contributed by atoms with Crippen LogP contribution in [0.3, 0.4) is 0 Å². The highest BCUT2D eigenvalue weighted by Gasteiger charge is 2.45. The van der Waals surface area contributed by atoms with Crippen LogP contribution < -0.4 is 5.73 Å². The minimum atomic E-state index is -3.67. The molecule has 0 aliphatic heterocycles. The zero-order valence-corrected chi connectivity index (χ0v) is 10.2. The molecule has 0 amide bonds. The smallest absolute Gasteiger partial charge is 0.183 e. The zero-order valence-electron chi connectivity index (χ0n) is 9.40. The Bertz CT molecular complexity index is 564. The lowest BCUT2D eigenvalue weighted by Gasteiger charge is -2.16. The van der Waals surface area contributed by atoms with Gasteiger partial charge in [0, 0.05) is 23.8 Å². The van der Waals surface area contributed by atoms with E-state index in [4.69, 9.17) is 5.73 Å². The molecule has 4 nitrogen and oxygen atoms in total. The highest BCUT2D eigenvalue weighted by Crippen LogP contribution is 2.51. The molecular weight excluding hydrogens is 245 g/mol. The standard InChI is InChI=1S/C11H14FNO3S/c1-17(15,16)8-3-2-7(10(14)9(8)12)11(6-13)4-5-11/h2-3,14H,4-6,13H2,1H3. The van der Waals surface area contributed by atoms with Gasteiger partial charge in [-0.1, -0.05) is 6.07 Å². The summed E-state index contributed by atoms with van der Waals surface area (Å²) in [6.07, 6.45) is 2.48. The van der Waals surface area contributed by atoms with Crippen LogP contribution in [0.15, 0.2) is 17.0 Å². The number of benzene rings is 1. The maximum absolute atomic E-state index is 13.8. The Labute approximate surface area is 99.2 Å². The van der Waals surface area contributed by atoms with Gasteiger partial charge in [0.25, 0.3) is 0 Å². The first kappa shape index (κ1) is 12.3. The Morgan fingerprint density at radius 3 is 2.47 bits per heavy atom. The highest BCUT2D eigenvalue weighted by atomic mass is 32.2. The van der Waals surface area contributed by atoms with Crippen LogP contribution in [-0.2, 0) is 15.3 Å². The summed E-state index contributed by atoms with van der Waals surface area (Å²) in [5, 5.41) is 9.75. The molecule has 1 aliphatic carbocycles. The molecule has 2 rings (SSSR count). The van der Waals surface area contributed by atoms with E-state index < -0.39 is 26.3 Å². The van der Waals surface area contributed by atoms with Crippen molar-refractivity contribution >= 4 is 9.84 Å². The van der Waals surface area contributed by atoms with Crippen molar-refractivity contribution in [1.82, 2.24) is 0 Å². The summed E-state index contributed by atoms with van der Waals surface area (Å²) in [7, 11) is -3.67. The van der Waals surface area contributed by atoms with Gasteiger partial charge in [0.05, 0.1) is 0 Å². The summed E-state index contributed by atoms with van der Waals surface area (Å²) >= 11 is 0. The van der Waals surface area contributed by atoms with E-state index in [1.54, 1.807) is 0 Å². The van der Waals surface area contributed by atoms with E-state index in [0.29, 0.717) is 12.1 Å². The van der Waals surface area contributed by atoms with Crippen LogP contribution in [0.2, 0.25) is 0 Å². The van der Waals surface area contributed by atoms with Gasteiger partial charge >= 0.3 is 0 Å². The van der Waals surface area contributed by atoms with Gasteiger partial charge in [0.15, 0.2) is 21.4 Å². The van der Waals surface area contributed by atoms with Crippen molar-refractivity contribution in [3.63, 3.8) is 0 Å². The maximum atomic E-state index is 13.8. The SMILES string of the molecule is CS(=O)(=O)c1ccc(C2(CN)CC2)c(O)c1F. The first-order valence-corrected chi connectivity index (χ1v) is 7.13. The summed E-state index contributed by atoms with van der Waals surface area (Å²) in [5.74, 6) is -1.67. The Balaban J connectivity index is 2.59. The van der Waals surface area contributed by atoms with Crippen molar-refractivity contribution in [2.45, 2.75) is 23.2 Å². The minimum absolute atomic E-state index is 0.318. The number of aromatic hydroxyl groups is 1. The fraction of sp³-hybridized carbons (Fsp3) is 0.455. The molecule has 0 saturated heterocycles. The van der Waals surface area contributed by atoms with E-state index in [1.165, 1.54) is 12.1 Å². The van der Waals surface area contributed by atoms with E-state index in [2.05, 4.69) is 0 Å². The summed E-state index contributed by atoms with van der Waals surface area (Å²) in [6, 6.07) is 2.64. The first-order chi connectivity index (χ1) is 7.82. The fourth-order valence-corrected chi connectivity index (χ4v) is 2.73. The molecule has 94 valence electrons. The van der Waals surface area contributed by atoms with Gasteiger partial charge in [-0.05, 0) is 18.9 Å². The molecule has 1 aromatic rings. The summed E-state index contributed by atoms with van der Waals surface area (Å²) < 4.78 is 36.3. The summed E-state index contributed by atoms with van der Waals surface area (Å²) in [5.41, 5.74) is 5.63. The number of phenolic OH excluding ortho intramolecular Hbond substituents is 1. The molecule has 1 saturated carbocycles. The van der Waals surface area contributed by atoms with Crippen LogP contribution in [0.1, 0.15) is 18.4 Å². The van der Waals surface area contributed by atoms with Gasteiger partial charge in [0.2, 0.25) is 0 Å². The summed E-state index contributed by atoms with van der Waals surface area (Å²) in [6.45, 7) is 0.318. The molecule has 0 heterocycles. The van der Waals surface area contributed by atoms with E-state index in [0.717, 1.165) is 19.1 Å². The molecule has 0 bridgehead atoms. The van der Waals surface area contributed by atoms with Crippen LogP contribution in [0.5, 0.6) is 5.75 Å². The predicted octanol–water partition coefficient (Wildman–Crippen LogP) is 0.925. The molecule has 1 fully saturated rings. The second-order valence-corrected chi connectivity index (χ2v) is 6.51. The van der Waals surface area contributed by atoms with Gasteiger partial charge in [-0.3, -0.25) is 0 Å². The van der Waals surface area contributed by atoms with Crippen LogP contribution in [-0.4, -0.2) is 26.3 Å². The highest BCUT2D eigenvalue weighted by molar-refractivity contribution is 7.90. The Morgan fingerprint density at radius 1 is 1.47 bits per heavy atom. The molecular formula is C11H14FNO3S. The maximum Gasteiger partial charge on any atom is 0.183 e. The summed E-state index contributed by atoms with van der Waals surface area (Å²) in [4.78, 5) is -0.480. The monoisotopic (exact) mass is 259 g/mol. The van der Waals surface area contributed by atoms with Gasteiger partial charge in [-0.25, -0.2) is 12.8 Å². The van der Waals surface area contributed by atoms with E-state index >= 15 is 0 Å². The second-order valence-electron chi connectivity index (χ2n) is 4.53. The number of nitrogens with two attached hydrogens (primary N) is 1. The number of phenols is 1. The van der Waals surface area contributed by atoms with Crippen molar-refractivity contribution in [2.24, 2.45) is 5.73 Å². The molecule has 0 radical (unpaired) electrons. The van der Waals surface area contributed by atoms with E-state index in [1.807, 2.05) is 0 Å². The third-order valence-corrected chi connectivity index (χ3v) is 4.41. The molecule has 0 atom stereocenters. The van der Waals surface area contributed by atoms with Crippen molar-refractivity contribution < 1.29 is 17.9 Å². The van der Waals surface area contributed by atoms with Gasteiger partial charge in [0.1, 0.15) is 4.90 Å². The molecule has 1 aromatic carbocycles. The van der Waals surface area contributed by atoms with Crippen molar-refractivity contribution in [2.75, 3.05) is 12.8 Å². The molecule has 17 heavy (non-hydrogen) atoms. The van der Waals surface area contributed by atoms with Gasteiger partial charge < -0.3 is 10.8 Å². The largest absolute Gasteiger partial charge is 0.505 e. The normalized spacial score (nSPS) is 18.1. The van der Waals surface area contributed by atoms with Crippen LogP contribution in [0.4, 0.5) is 4.39 Å². The lowest BCUT2D eigenvalue weighted by Crippen LogP contribution is -2.20. The van der Waals surface area contributed by atoms with Crippen LogP contribution in [0, 0.1) is 5.82 Å². The molecule has 6 heteroatoms. The molecule has 1 aliphatic rings. The number of rotatable bonds is 3. The van der Waals surface area contributed by atoms with E-state index in [-0.39, 0.29) is 5.41 Å². The molecule has 0 aromatic heterocycles. The number of hydrogen-bond donors (Lipinski definition) is 2. The molecule has 0 spiro atoms.